The van der Waals surface area contributed by atoms with Crippen LogP contribution in [0.2, 0.25) is 0 Å². The molecule has 0 aliphatic carbocycles. The molecule has 0 aliphatic rings. The lowest BCUT2D eigenvalue weighted by atomic mass is 10.2. The van der Waals surface area contributed by atoms with E-state index in [4.69, 9.17) is 5.11 Å². The zero-order chi connectivity index (χ0) is 11.3. The summed E-state index contributed by atoms with van der Waals surface area (Å²) < 4.78 is 13.6. The van der Waals surface area contributed by atoms with Gasteiger partial charge >= 0.3 is 0 Å². The number of halogens is 2. The predicted octanol–water partition coefficient (Wildman–Crippen LogP) is 2.45. The Bertz CT molecular complexity index is 319. The average Bonchev–Trinajstić information content (AvgIpc) is 2.17. The molecule has 0 bridgehead atoms. The van der Waals surface area contributed by atoms with Gasteiger partial charge in [0.15, 0.2) is 0 Å². The van der Waals surface area contributed by atoms with Crippen molar-refractivity contribution in [2.75, 3.05) is 6.61 Å². The Morgan fingerprint density at radius 1 is 1.53 bits per heavy atom. The Hall–Kier alpha value is -0.450. The van der Waals surface area contributed by atoms with Gasteiger partial charge < -0.3 is 10.4 Å². The fraction of sp³-hybridized carbons (Fsp3) is 0.455. The Balaban J connectivity index is 2.50. The summed E-state index contributed by atoms with van der Waals surface area (Å²) in [6.45, 7) is 2.86. The molecule has 0 radical (unpaired) electrons. The third-order valence-corrected chi connectivity index (χ3v) is 2.96. The summed E-state index contributed by atoms with van der Waals surface area (Å²) in [7, 11) is 0. The number of aliphatic hydroxyl groups excluding tert-OH is 1. The Labute approximate surface area is 97.6 Å². The summed E-state index contributed by atoms with van der Waals surface area (Å²) >= 11 is 3.31. The topological polar surface area (TPSA) is 32.3 Å². The first-order valence-corrected chi connectivity index (χ1v) is 5.71. The van der Waals surface area contributed by atoms with Crippen LogP contribution in [0.5, 0.6) is 0 Å². The summed E-state index contributed by atoms with van der Waals surface area (Å²) in [6, 6.07) is 4.90. The first-order valence-electron chi connectivity index (χ1n) is 4.91. The molecule has 0 aliphatic heterocycles. The molecule has 4 heteroatoms. The molecule has 15 heavy (non-hydrogen) atoms. The van der Waals surface area contributed by atoms with E-state index in [1.807, 2.05) is 6.92 Å². The maximum Gasteiger partial charge on any atom is 0.124 e. The van der Waals surface area contributed by atoms with Crippen LogP contribution in [-0.2, 0) is 6.54 Å². The maximum atomic E-state index is 12.8. The quantitative estimate of drug-likeness (QED) is 0.865. The number of hydrogen-bond acceptors (Lipinski definition) is 2. The minimum atomic E-state index is -0.242. The molecule has 0 amide bonds. The SMILES string of the molecule is C[C@H](CCO)NCc1ccc(F)cc1Br. The Morgan fingerprint density at radius 3 is 2.87 bits per heavy atom. The number of nitrogens with one attached hydrogen (secondary N) is 1. The molecule has 1 aromatic rings. The van der Waals surface area contributed by atoms with Gasteiger partial charge in [0.05, 0.1) is 0 Å². The van der Waals surface area contributed by atoms with Crippen molar-refractivity contribution in [2.24, 2.45) is 0 Å². The molecule has 0 saturated carbocycles. The second kappa shape index (κ2) is 6.20. The van der Waals surface area contributed by atoms with Gasteiger partial charge in [0.25, 0.3) is 0 Å². The van der Waals surface area contributed by atoms with Crippen molar-refractivity contribution in [1.82, 2.24) is 5.32 Å². The van der Waals surface area contributed by atoms with Gasteiger partial charge in [-0.05, 0) is 31.0 Å². The molecule has 0 aromatic heterocycles. The highest BCUT2D eigenvalue weighted by atomic mass is 79.9. The van der Waals surface area contributed by atoms with E-state index in [9.17, 15) is 4.39 Å². The molecule has 84 valence electrons. The molecule has 2 N–H and O–H groups in total. The van der Waals surface area contributed by atoms with Crippen LogP contribution in [0, 0.1) is 5.82 Å². The van der Waals surface area contributed by atoms with Crippen LogP contribution in [0.25, 0.3) is 0 Å². The van der Waals surface area contributed by atoms with E-state index >= 15 is 0 Å². The number of benzene rings is 1. The molecule has 0 saturated heterocycles. The van der Waals surface area contributed by atoms with Crippen molar-refractivity contribution in [3.05, 3.63) is 34.1 Å². The number of hydrogen-bond donors (Lipinski definition) is 2. The first kappa shape index (κ1) is 12.6. The summed E-state index contributed by atoms with van der Waals surface area (Å²) in [6.07, 6.45) is 0.721. The van der Waals surface area contributed by atoms with Crippen LogP contribution in [0.1, 0.15) is 18.9 Å². The molecular formula is C11H15BrFNO. The summed E-state index contributed by atoms with van der Waals surface area (Å²) in [4.78, 5) is 0. The van der Waals surface area contributed by atoms with Crippen molar-refractivity contribution in [1.29, 1.82) is 0 Å². The second-order valence-corrected chi connectivity index (χ2v) is 4.38. The highest BCUT2D eigenvalue weighted by Gasteiger charge is 2.04. The van der Waals surface area contributed by atoms with Crippen LogP contribution in [-0.4, -0.2) is 17.8 Å². The normalized spacial score (nSPS) is 12.8. The van der Waals surface area contributed by atoms with Gasteiger partial charge in [-0.3, -0.25) is 0 Å². The minimum Gasteiger partial charge on any atom is -0.396 e. The number of rotatable bonds is 5. The van der Waals surface area contributed by atoms with Crippen molar-refractivity contribution >= 4 is 15.9 Å². The van der Waals surface area contributed by atoms with Crippen molar-refractivity contribution < 1.29 is 9.50 Å². The lowest BCUT2D eigenvalue weighted by Gasteiger charge is -2.13. The van der Waals surface area contributed by atoms with Gasteiger partial charge in [0.2, 0.25) is 0 Å². The van der Waals surface area contributed by atoms with Crippen LogP contribution < -0.4 is 5.32 Å². The molecule has 1 rings (SSSR count). The highest BCUT2D eigenvalue weighted by Crippen LogP contribution is 2.17. The smallest absolute Gasteiger partial charge is 0.124 e. The zero-order valence-corrected chi connectivity index (χ0v) is 10.2. The van der Waals surface area contributed by atoms with E-state index in [1.54, 1.807) is 6.07 Å². The molecule has 0 unspecified atom stereocenters. The minimum absolute atomic E-state index is 0.179. The molecule has 1 atom stereocenters. The summed E-state index contributed by atoms with van der Waals surface area (Å²) in [5.41, 5.74) is 1.01. The van der Waals surface area contributed by atoms with Gasteiger partial charge in [0.1, 0.15) is 5.82 Å². The van der Waals surface area contributed by atoms with E-state index < -0.39 is 0 Å². The largest absolute Gasteiger partial charge is 0.396 e. The fourth-order valence-electron chi connectivity index (χ4n) is 1.24. The summed E-state index contributed by atoms with van der Waals surface area (Å²) in [5.74, 6) is -0.242. The van der Waals surface area contributed by atoms with Gasteiger partial charge in [-0.15, -0.1) is 0 Å². The molecule has 0 spiro atoms. The first-order chi connectivity index (χ1) is 7.13. The van der Waals surface area contributed by atoms with E-state index in [-0.39, 0.29) is 18.5 Å². The third kappa shape index (κ3) is 4.28. The van der Waals surface area contributed by atoms with Gasteiger partial charge in [0, 0.05) is 23.7 Å². The van der Waals surface area contributed by atoms with Crippen LogP contribution in [0.3, 0.4) is 0 Å². The molecule has 0 fully saturated rings. The van der Waals surface area contributed by atoms with Gasteiger partial charge in [-0.1, -0.05) is 22.0 Å². The van der Waals surface area contributed by atoms with Crippen molar-refractivity contribution in [2.45, 2.75) is 25.9 Å². The number of aliphatic hydroxyl groups is 1. The third-order valence-electron chi connectivity index (χ3n) is 2.22. The fourth-order valence-corrected chi connectivity index (χ4v) is 1.74. The van der Waals surface area contributed by atoms with Crippen LogP contribution >= 0.6 is 15.9 Å². The lowest BCUT2D eigenvalue weighted by Crippen LogP contribution is -2.26. The monoisotopic (exact) mass is 275 g/mol. The molecule has 2 nitrogen and oxygen atoms in total. The maximum absolute atomic E-state index is 12.8. The molecule has 1 aromatic carbocycles. The van der Waals surface area contributed by atoms with Crippen molar-refractivity contribution in [3.63, 3.8) is 0 Å². The van der Waals surface area contributed by atoms with E-state index in [2.05, 4.69) is 21.2 Å². The second-order valence-electron chi connectivity index (χ2n) is 3.53. The average molecular weight is 276 g/mol. The van der Waals surface area contributed by atoms with E-state index in [0.29, 0.717) is 6.54 Å². The highest BCUT2D eigenvalue weighted by molar-refractivity contribution is 9.10. The van der Waals surface area contributed by atoms with Crippen LogP contribution in [0.4, 0.5) is 4.39 Å². The lowest BCUT2D eigenvalue weighted by molar-refractivity contribution is 0.268. The molecular weight excluding hydrogens is 261 g/mol. The predicted molar refractivity (Wildman–Crippen MR) is 62.1 cm³/mol. The standard InChI is InChI=1S/C11H15BrFNO/c1-8(4-5-15)14-7-9-2-3-10(13)6-11(9)12/h2-3,6,8,14-15H,4-5,7H2,1H3/t8-/m1/s1. The zero-order valence-electron chi connectivity index (χ0n) is 8.63. The van der Waals surface area contributed by atoms with E-state index in [0.717, 1.165) is 16.5 Å². The Morgan fingerprint density at radius 2 is 2.27 bits per heavy atom. The molecule has 0 heterocycles. The summed E-state index contributed by atoms with van der Waals surface area (Å²) in [5, 5.41) is 12.0. The van der Waals surface area contributed by atoms with Crippen LogP contribution in [0.15, 0.2) is 22.7 Å². The Kier molecular flexibility index (Phi) is 5.22. The van der Waals surface area contributed by atoms with Gasteiger partial charge in [-0.25, -0.2) is 4.39 Å². The van der Waals surface area contributed by atoms with E-state index in [1.165, 1.54) is 12.1 Å². The van der Waals surface area contributed by atoms with Gasteiger partial charge in [-0.2, -0.15) is 0 Å². The van der Waals surface area contributed by atoms with Crippen molar-refractivity contribution in [3.8, 4) is 0 Å².